The Hall–Kier alpha value is -2.73. The summed E-state index contributed by atoms with van der Waals surface area (Å²) in [6, 6.07) is 13.7. The summed E-state index contributed by atoms with van der Waals surface area (Å²) in [5.41, 5.74) is 3.90. The topological polar surface area (TPSA) is 62.3 Å². The Balaban J connectivity index is 1.52. The minimum absolute atomic E-state index is 0.00605. The molecule has 1 aliphatic heterocycles. The molecule has 0 radical (unpaired) electrons. The van der Waals surface area contributed by atoms with Crippen molar-refractivity contribution in [3.05, 3.63) is 58.6 Å². The third-order valence-corrected chi connectivity index (χ3v) is 5.81. The number of anilines is 1. The highest BCUT2D eigenvalue weighted by molar-refractivity contribution is 7.20. The predicted molar refractivity (Wildman–Crippen MR) is 108 cm³/mol. The zero-order valence-electron chi connectivity index (χ0n) is 15.4. The van der Waals surface area contributed by atoms with Crippen molar-refractivity contribution in [2.45, 2.75) is 26.8 Å². The molecular formula is C21H21N3O2S. The molecule has 0 spiro atoms. The molecule has 3 aromatic rings. The molecule has 2 aromatic carbocycles. The standard InChI is InChI=1S/C21H21N3O2S/c1-13(2)21(26)24-10-9-14-7-8-16(11-15(14)12-24)22-19(25)20-23-17-5-3-4-6-18(17)27-20/h3-8,11,13H,9-10,12H2,1-2H3,(H,22,25). The minimum Gasteiger partial charge on any atom is -0.338 e. The van der Waals surface area contributed by atoms with Gasteiger partial charge in [-0.05, 0) is 41.8 Å². The second-order valence-electron chi connectivity index (χ2n) is 7.09. The summed E-state index contributed by atoms with van der Waals surface area (Å²) in [5, 5.41) is 3.39. The summed E-state index contributed by atoms with van der Waals surface area (Å²) in [7, 11) is 0. The molecule has 27 heavy (non-hydrogen) atoms. The van der Waals surface area contributed by atoms with Gasteiger partial charge in [-0.25, -0.2) is 4.98 Å². The maximum Gasteiger partial charge on any atom is 0.284 e. The van der Waals surface area contributed by atoms with Crippen molar-refractivity contribution in [3.8, 4) is 0 Å². The van der Waals surface area contributed by atoms with E-state index in [-0.39, 0.29) is 17.7 Å². The van der Waals surface area contributed by atoms with Crippen LogP contribution in [0, 0.1) is 5.92 Å². The van der Waals surface area contributed by atoms with Crippen molar-refractivity contribution in [1.29, 1.82) is 0 Å². The Kier molecular flexibility index (Phi) is 4.66. The number of fused-ring (bicyclic) bond motifs is 2. The van der Waals surface area contributed by atoms with Crippen LogP contribution < -0.4 is 5.32 Å². The summed E-state index contributed by atoms with van der Waals surface area (Å²) in [4.78, 5) is 31.2. The summed E-state index contributed by atoms with van der Waals surface area (Å²) in [5.74, 6) is -0.0416. The van der Waals surface area contributed by atoms with Crippen LogP contribution in [0.15, 0.2) is 42.5 Å². The molecule has 4 rings (SSSR count). The van der Waals surface area contributed by atoms with Crippen LogP contribution in [0.3, 0.4) is 0 Å². The average molecular weight is 379 g/mol. The number of nitrogens with zero attached hydrogens (tertiary/aromatic N) is 2. The Morgan fingerprint density at radius 2 is 1.96 bits per heavy atom. The van der Waals surface area contributed by atoms with E-state index >= 15 is 0 Å². The van der Waals surface area contributed by atoms with Crippen molar-refractivity contribution < 1.29 is 9.59 Å². The molecule has 6 heteroatoms. The summed E-state index contributed by atoms with van der Waals surface area (Å²) >= 11 is 1.38. The number of aromatic nitrogens is 1. The second kappa shape index (κ2) is 7.12. The lowest BCUT2D eigenvalue weighted by atomic mass is 9.98. The fourth-order valence-corrected chi connectivity index (χ4v) is 4.20. The molecule has 0 saturated heterocycles. The van der Waals surface area contributed by atoms with Crippen LogP contribution in [0.5, 0.6) is 0 Å². The fourth-order valence-electron chi connectivity index (χ4n) is 3.34. The van der Waals surface area contributed by atoms with E-state index in [9.17, 15) is 9.59 Å². The quantitative estimate of drug-likeness (QED) is 0.746. The van der Waals surface area contributed by atoms with Gasteiger partial charge in [0.05, 0.1) is 10.2 Å². The largest absolute Gasteiger partial charge is 0.338 e. The number of carbonyl (C=O) groups excluding carboxylic acids is 2. The first-order chi connectivity index (χ1) is 13.0. The molecule has 2 heterocycles. The molecule has 1 aliphatic rings. The van der Waals surface area contributed by atoms with Crippen molar-refractivity contribution in [3.63, 3.8) is 0 Å². The van der Waals surface area contributed by atoms with Crippen molar-refractivity contribution in [2.24, 2.45) is 5.92 Å². The van der Waals surface area contributed by atoms with Gasteiger partial charge in [-0.3, -0.25) is 9.59 Å². The van der Waals surface area contributed by atoms with E-state index in [2.05, 4.69) is 10.3 Å². The number of benzene rings is 2. The number of carbonyl (C=O) groups is 2. The number of thiazole rings is 1. The van der Waals surface area contributed by atoms with E-state index in [0.29, 0.717) is 11.6 Å². The van der Waals surface area contributed by atoms with Crippen molar-refractivity contribution >= 4 is 39.1 Å². The zero-order valence-corrected chi connectivity index (χ0v) is 16.2. The average Bonchev–Trinajstić information content (AvgIpc) is 3.11. The predicted octanol–water partition coefficient (Wildman–Crippen LogP) is 4.09. The Bertz CT molecular complexity index is 992. The minimum atomic E-state index is -0.206. The van der Waals surface area contributed by atoms with E-state index in [0.717, 1.165) is 34.4 Å². The van der Waals surface area contributed by atoms with Gasteiger partial charge in [0.25, 0.3) is 5.91 Å². The molecule has 2 amide bonds. The van der Waals surface area contributed by atoms with Crippen LogP contribution in [0.1, 0.15) is 34.8 Å². The van der Waals surface area contributed by atoms with Gasteiger partial charge >= 0.3 is 0 Å². The van der Waals surface area contributed by atoms with Crippen LogP contribution in [0.25, 0.3) is 10.2 Å². The SMILES string of the molecule is CC(C)C(=O)N1CCc2ccc(NC(=O)c3nc4ccccc4s3)cc2C1. The molecule has 0 atom stereocenters. The van der Waals surface area contributed by atoms with Crippen molar-refractivity contribution in [1.82, 2.24) is 9.88 Å². The first kappa shape index (κ1) is 17.7. The number of para-hydroxylation sites is 1. The first-order valence-corrected chi connectivity index (χ1v) is 9.90. The van der Waals surface area contributed by atoms with Gasteiger partial charge in [0.1, 0.15) is 0 Å². The van der Waals surface area contributed by atoms with Gasteiger partial charge in [-0.1, -0.05) is 32.0 Å². The lowest BCUT2D eigenvalue weighted by Gasteiger charge is -2.30. The van der Waals surface area contributed by atoms with Gasteiger partial charge in [0.15, 0.2) is 5.01 Å². The number of nitrogens with one attached hydrogen (secondary N) is 1. The number of hydrogen-bond donors (Lipinski definition) is 1. The monoisotopic (exact) mass is 379 g/mol. The van der Waals surface area contributed by atoms with Gasteiger partial charge in [-0.15, -0.1) is 11.3 Å². The molecule has 0 bridgehead atoms. The van der Waals surface area contributed by atoms with Gasteiger partial charge in [0, 0.05) is 24.7 Å². The van der Waals surface area contributed by atoms with Gasteiger partial charge in [0.2, 0.25) is 5.91 Å². The third kappa shape index (κ3) is 3.57. The van der Waals surface area contributed by atoms with Crippen LogP contribution >= 0.6 is 11.3 Å². The van der Waals surface area contributed by atoms with Gasteiger partial charge < -0.3 is 10.2 Å². The highest BCUT2D eigenvalue weighted by Crippen LogP contribution is 2.26. The smallest absolute Gasteiger partial charge is 0.284 e. The first-order valence-electron chi connectivity index (χ1n) is 9.09. The molecule has 0 saturated carbocycles. The lowest BCUT2D eigenvalue weighted by molar-refractivity contribution is -0.135. The number of amides is 2. The molecule has 138 valence electrons. The van der Waals surface area contributed by atoms with E-state index in [4.69, 9.17) is 0 Å². The van der Waals surface area contributed by atoms with Gasteiger partial charge in [-0.2, -0.15) is 0 Å². The van der Waals surface area contributed by atoms with Crippen LogP contribution in [0.4, 0.5) is 5.69 Å². The highest BCUT2D eigenvalue weighted by atomic mass is 32.1. The van der Waals surface area contributed by atoms with Crippen LogP contribution in [0.2, 0.25) is 0 Å². The Morgan fingerprint density at radius 3 is 2.74 bits per heavy atom. The third-order valence-electron chi connectivity index (χ3n) is 4.77. The molecule has 0 fully saturated rings. The lowest BCUT2D eigenvalue weighted by Crippen LogP contribution is -2.38. The molecule has 0 aliphatic carbocycles. The summed E-state index contributed by atoms with van der Waals surface area (Å²) < 4.78 is 0.996. The second-order valence-corrected chi connectivity index (χ2v) is 8.12. The molecule has 0 unspecified atom stereocenters. The summed E-state index contributed by atoms with van der Waals surface area (Å²) in [6.45, 7) is 5.19. The van der Waals surface area contributed by atoms with E-state index in [1.54, 1.807) is 0 Å². The summed E-state index contributed by atoms with van der Waals surface area (Å²) in [6.07, 6.45) is 0.847. The Morgan fingerprint density at radius 1 is 1.15 bits per heavy atom. The maximum absolute atomic E-state index is 12.6. The van der Waals surface area contributed by atoms with Crippen molar-refractivity contribution in [2.75, 3.05) is 11.9 Å². The molecule has 1 N–H and O–H groups in total. The van der Waals surface area contributed by atoms with E-state index in [1.807, 2.05) is 61.2 Å². The van der Waals surface area contributed by atoms with E-state index < -0.39 is 0 Å². The molecule has 5 nitrogen and oxygen atoms in total. The number of hydrogen-bond acceptors (Lipinski definition) is 4. The van der Waals surface area contributed by atoms with E-state index in [1.165, 1.54) is 16.9 Å². The normalized spacial score (nSPS) is 13.7. The molecular weight excluding hydrogens is 358 g/mol. The van der Waals surface area contributed by atoms with Crippen LogP contribution in [-0.2, 0) is 17.8 Å². The highest BCUT2D eigenvalue weighted by Gasteiger charge is 2.23. The zero-order chi connectivity index (χ0) is 19.0. The maximum atomic E-state index is 12.6. The molecule has 1 aromatic heterocycles. The fraction of sp³-hybridized carbons (Fsp3) is 0.286. The Labute approximate surface area is 162 Å². The van der Waals surface area contributed by atoms with Crippen LogP contribution in [-0.4, -0.2) is 28.2 Å². The number of rotatable bonds is 3.